The number of aliphatic hydroxyl groups excluding tert-OH is 1. The molecule has 0 spiro atoms. The van der Waals surface area contributed by atoms with E-state index < -0.39 is 24.6 Å². The number of hydrogen-bond acceptors (Lipinski definition) is 8. The number of hydrogen-bond donors (Lipinski definition) is 3. The molecule has 0 heterocycles. The minimum atomic E-state index is -1.02. The molecule has 30 heavy (non-hydrogen) atoms. The number of phenols is 2. The van der Waals surface area contributed by atoms with E-state index >= 15 is 0 Å². The molecule has 1 atom stereocenters. The summed E-state index contributed by atoms with van der Waals surface area (Å²) in [5.41, 5.74) is 1.28. The molecule has 0 saturated carbocycles. The summed E-state index contributed by atoms with van der Waals surface area (Å²) in [5, 5.41) is 28.1. The molecule has 2 aromatic rings. The van der Waals surface area contributed by atoms with Gasteiger partial charge in [-0.05, 0) is 47.5 Å². The third-order valence-corrected chi connectivity index (χ3v) is 3.82. The lowest BCUT2D eigenvalue weighted by atomic mass is 10.2. The molecule has 2 aromatic carbocycles. The van der Waals surface area contributed by atoms with E-state index in [0.29, 0.717) is 11.1 Å². The van der Waals surface area contributed by atoms with Crippen molar-refractivity contribution in [1.82, 2.24) is 0 Å². The Morgan fingerprint density at radius 1 is 0.967 bits per heavy atom. The Kier molecular flexibility index (Phi) is 8.46. The topological polar surface area (TPSA) is 123 Å². The van der Waals surface area contributed by atoms with Gasteiger partial charge in [-0.2, -0.15) is 0 Å². The molecular formula is C22H22O8. The average molecular weight is 414 g/mol. The molecule has 0 bridgehead atoms. The SMILES string of the molecule is COc1cc(/C=C/C(=O)OCC(CO)OC(=O)/C=C/c2ccc(O)cc2)ccc1O. The standard InChI is InChI=1S/C22H22O8/c1-28-20-12-16(4-9-19(20)25)6-10-21(26)29-14-18(13-23)30-22(27)11-5-15-2-7-17(24)8-3-15/h2-12,18,23-25H,13-14H2,1H3/b10-6+,11-5+. The summed E-state index contributed by atoms with van der Waals surface area (Å²) in [6.07, 6.45) is 4.25. The van der Waals surface area contributed by atoms with Crippen molar-refractivity contribution in [2.75, 3.05) is 20.3 Å². The van der Waals surface area contributed by atoms with Crippen molar-refractivity contribution in [2.24, 2.45) is 0 Å². The van der Waals surface area contributed by atoms with E-state index in [9.17, 15) is 24.9 Å². The predicted molar refractivity (Wildman–Crippen MR) is 109 cm³/mol. The summed E-state index contributed by atoms with van der Waals surface area (Å²) >= 11 is 0. The number of aliphatic hydroxyl groups is 1. The second-order valence-corrected chi connectivity index (χ2v) is 6.06. The van der Waals surface area contributed by atoms with Crippen LogP contribution in [0.5, 0.6) is 17.2 Å². The Hall–Kier alpha value is -3.78. The number of aromatic hydroxyl groups is 2. The summed E-state index contributed by atoms with van der Waals surface area (Å²) in [7, 11) is 1.41. The quantitative estimate of drug-likeness (QED) is 0.422. The number of rotatable bonds is 9. The van der Waals surface area contributed by atoms with Crippen molar-refractivity contribution in [1.29, 1.82) is 0 Å². The second-order valence-electron chi connectivity index (χ2n) is 6.06. The van der Waals surface area contributed by atoms with Gasteiger partial charge < -0.3 is 29.5 Å². The highest BCUT2D eigenvalue weighted by Crippen LogP contribution is 2.26. The molecule has 8 nitrogen and oxygen atoms in total. The van der Waals surface area contributed by atoms with E-state index in [-0.39, 0.29) is 23.9 Å². The van der Waals surface area contributed by atoms with Crippen LogP contribution in [0.2, 0.25) is 0 Å². The first-order valence-electron chi connectivity index (χ1n) is 8.91. The van der Waals surface area contributed by atoms with Crippen molar-refractivity contribution in [3.8, 4) is 17.2 Å². The lowest BCUT2D eigenvalue weighted by Crippen LogP contribution is -2.27. The second kappa shape index (κ2) is 11.3. The van der Waals surface area contributed by atoms with Crippen molar-refractivity contribution in [3.63, 3.8) is 0 Å². The minimum absolute atomic E-state index is 0.0238. The monoisotopic (exact) mass is 414 g/mol. The van der Waals surface area contributed by atoms with E-state index in [0.717, 1.165) is 12.2 Å². The summed E-state index contributed by atoms with van der Waals surface area (Å²) in [6.45, 7) is -0.845. The highest BCUT2D eigenvalue weighted by molar-refractivity contribution is 5.88. The molecule has 0 aliphatic heterocycles. The lowest BCUT2D eigenvalue weighted by molar-refractivity contribution is -0.154. The van der Waals surface area contributed by atoms with E-state index in [1.165, 1.54) is 43.5 Å². The van der Waals surface area contributed by atoms with Crippen LogP contribution in [0, 0.1) is 0 Å². The van der Waals surface area contributed by atoms with Crippen LogP contribution >= 0.6 is 0 Å². The van der Waals surface area contributed by atoms with Crippen LogP contribution in [-0.2, 0) is 19.1 Å². The number of carbonyl (C=O) groups excluding carboxylic acids is 2. The number of benzene rings is 2. The Morgan fingerprint density at radius 2 is 1.60 bits per heavy atom. The zero-order valence-corrected chi connectivity index (χ0v) is 16.2. The first-order chi connectivity index (χ1) is 14.4. The summed E-state index contributed by atoms with van der Waals surface area (Å²) in [4.78, 5) is 23.7. The molecule has 3 N–H and O–H groups in total. The molecule has 2 rings (SSSR count). The van der Waals surface area contributed by atoms with Crippen LogP contribution in [0.4, 0.5) is 0 Å². The highest BCUT2D eigenvalue weighted by atomic mass is 16.6. The van der Waals surface area contributed by atoms with Crippen molar-refractivity contribution in [2.45, 2.75) is 6.10 Å². The van der Waals surface area contributed by atoms with Gasteiger partial charge in [-0.25, -0.2) is 9.59 Å². The summed E-state index contributed by atoms with van der Waals surface area (Å²) in [6, 6.07) is 10.7. The van der Waals surface area contributed by atoms with Crippen LogP contribution in [0.25, 0.3) is 12.2 Å². The number of carbonyl (C=O) groups is 2. The average Bonchev–Trinajstić information content (AvgIpc) is 2.75. The molecule has 1 unspecified atom stereocenters. The number of ether oxygens (including phenoxy) is 3. The lowest BCUT2D eigenvalue weighted by Gasteiger charge is -2.13. The van der Waals surface area contributed by atoms with Crippen LogP contribution < -0.4 is 4.74 Å². The Labute approximate surface area is 173 Å². The van der Waals surface area contributed by atoms with Crippen LogP contribution in [0.1, 0.15) is 11.1 Å². The molecule has 0 radical (unpaired) electrons. The molecule has 0 amide bonds. The minimum Gasteiger partial charge on any atom is -0.508 e. The van der Waals surface area contributed by atoms with Gasteiger partial charge in [0.2, 0.25) is 0 Å². The van der Waals surface area contributed by atoms with E-state index in [2.05, 4.69) is 0 Å². The number of esters is 2. The molecule has 0 aliphatic rings. The maximum Gasteiger partial charge on any atom is 0.331 e. The fraction of sp³-hybridized carbons (Fsp3) is 0.182. The van der Waals surface area contributed by atoms with Crippen LogP contribution in [0.3, 0.4) is 0 Å². The Morgan fingerprint density at radius 3 is 2.27 bits per heavy atom. The maximum absolute atomic E-state index is 11.8. The third-order valence-electron chi connectivity index (χ3n) is 3.82. The van der Waals surface area contributed by atoms with E-state index in [4.69, 9.17) is 14.2 Å². The fourth-order valence-electron chi connectivity index (χ4n) is 2.26. The Bertz CT molecular complexity index is 915. The van der Waals surface area contributed by atoms with Crippen LogP contribution in [0.15, 0.2) is 54.6 Å². The van der Waals surface area contributed by atoms with Gasteiger partial charge in [0.25, 0.3) is 0 Å². The summed E-state index contributed by atoms with van der Waals surface area (Å²) < 4.78 is 15.0. The first kappa shape index (κ1) is 22.5. The van der Waals surface area contributed by atoms with Crippen molar-refractivity contribution in [3.05, 3.63) is 65.7 Å². The first-order valence-corrected chi connectivity index (χ1v) is 8.91. The predicted octanol–water partition coefficient (Wildman–Crippen LogP) is 2.28. The zero-order chi connectivity index (χ0) is 21.9. The van der Waals surface area contributed by atoms with E-state index in [1.54, 1.807) is 18.2 Å². The third kappa shape index (κ3) is 7.33. The van der Waals surface area contributed by atoms with Gasteiger partial charge in [0.1, 0.15) is 12.4 Å². The highest BCUT2D eigenvalue weighted by Gasteiger charge is 2.14. The van der Waals surface area contributed by atoms with Gasteiger partial charge in [0, 0.05) is 12.2 Å². The van der Waals surface area contributed by atoms with Crippen molar-refractivity contribution < 1.29 is 39.1 Å². The molecule has 0 aromatic heterocycles. The smallest absolute Gasteiger partial charge is 0.331 e. The van der Waals surface area contributed by atoms with Gasteiger partial charge in [0.05, 0.1) is 13.7 Å². The van der Waals surface area contributed by atoms with Crippen molar-refractivity contribution >= 4 is 24.1 Å². The van der Waals surface area contributed by atoms with Gasteiger partial charge in [-0.1, -0.05) is 18.2 Å². The van der Waals surface area contributed by atoms with E-state index in [1.807, 2.05) is 0 Å². The van der Waals surface area contributed by atoms with Crippen LogP contribution in [-0.4, -0.2) is 53.7 Å². The molecule has 0 fully saturated rings. The fourth-order valence-corrected chi connectivity index (χ4v) is 2.26. The van der Waals surface area contributed by atoms with Gasteiger partial charge in [0.15, 0.2) is 17.6 Å². The number of phenolic OH excluding ortho intramolecular Hbond substituents is 2. The molecular weight excluding hydrogens is 392 g/mol. The number of methoxy groups -OCH3 is 1. The molecule has 0 saturated heterocycles. The zero-order valence-electron chi connectivity index (χ0n) is 16.2. The molecule has 8 heteroatoms. The maximum atomic E-state index is 11.8. The molecule has 158 valence electrons. The summed E-state index contributed by atoms with van der Waals surface area (Å²) in [5.74, 6) is -1.07. The largest absolute Gasteiger partial charge is 0.508 e. The Balaban J connectivity index is 1.83. The van der Waals surface area contributed by atoms with Gasteiger partial charge in [-0.3, -0.25) is 0 Å². The van der Waals surface area contributed by atoms with Gasteiger partial charge in [-0.15, -0.1) is 0 Å². The van der Waals surface area contributed by atoms with Gasteiger partial charge >= 0.3 is 11.9 Å². The molecule has 0 aliphatic carbocycles. The normalized spacial score (nSPS) is 12.1.